The van der Waals surface area contributed by atoms with Gasteiger partial charge in [0, 0.05) is 12.1 Å². The number of hydrogen-bond acceptors (Lipinski definition) is 7. The molecule has 3 rings (SSSR count). The molecule has 0 saturated carbocycles. The number of amides is 2. The van der Waals surface area contributed by atoms with E-state index in [4.69, 9.17) is 18.9 Å². The van der Waals surface area contributed by atoms with Gasteiger partial charge in [-0.3, -0.25) is 14.4 Å². The largest absolute Gasteiger partial charge is 0.497 e. The van der Waals surface area contributed by atoms with Gasteiger partial charge in [0.15, 0.2) is 18.1 Å². The molecule has 0 radical (unpaired) electrons. The normalized spacial score (nSPS) is 11.5. The molecule has 9 nitrogen and oxygen atoms in total. The van der Waals surface area contributed by atoms with Crippen molar-refractivity contribution in [3.8, 4) is 17.2 Å². The minimum atomic E-state index is -0.718. The lowest BCUT2D eigenvalue weighted by Gasteiger charge is -2.08. The molecule has 0 saturated heterocycles. The van der Waals surface area contributed by atoms with Gasteiger partial charge in [0.1, 0.15) is 12.3 Å². The number of methoxy groups -OCH3 is 1. The maximum Gasteiger partial charge on any atom is 0.325 e. The molecule has 0 atom stereocenters. The summed E-state index contributed by atoms with van der Waals surface area (Å²) < 4.78 is 20.4. The molecule has 2 aromatic rings. The van der Waals surface area contributed by atoms with Crippen molar-refractivity contribution in [1.82, 2.24) is 10.6 Å². The van der Waals surface area contributed by atoms with Crippen LogP contribution in [0.5, 0.6) is 17.2 Å². The number of carbonyl (C=O) groups excluding carboxylic acids is 3. The zero-order valence-electron chi connectivity index (χ0n) is 15.7. The number of esters is 1. The van der Waals surface area contributed by atoms with E-state index in [0.29, 0.717) is 22.8 Å². The highest BCUT2D eigenvalue weighted by atomic mass is 16.7. The maximum atomic E-state index is 12.0. The number of carbonyl (C=O) groups is 3. The van der Waals surface area contributed by atoms with Crippen LogP contribution in [0.25, 0.3) is 0 Å². The van der Waals surface area contributed by atoms with Gasteiger partial charge in [-0.15, -0.1) is 0 Å². The van der Waals surface area contributed by atoms with Crippen molar-refractivity contribution in [1.29, 1.82) is 0 Å². The van der Waals surface area contributed by atoms with Gasteiger partial charge in [-0.1, -0.05) is 6.07 Å². The molecule has 29 heavy (non-hydrogen) atoms. The number of nitrogens with one attached hydrogen (secondary N) is 2. The SMILES string of the molecule is COc1ccc(C(=O)NCC(=O)OCC(=O)NCc2ccc3c(c2)OCO3)cc1. The summed E-state index contributed by atoms with van der Waals surface area (Å²) in [6, 6.07) is 11.7. The number of rotatable bonds is 8. The summed E-state index contributed by atoms with van der Waals surface area (Å²) in [7, 11) is 1.52. The highest BCUT2D eigenvalue weighted by molar-refractivity contribution is 5.96. The minimum absolute atomic E-state index is 0.177. The van der Waals surface area contributed by atoms with Gasteiger partial charge < -0.3 is 29.6 Å². The molecule has 0 unspecified atom stereocenters. The molecule has 0 aliphatic carbocycles. The Labute approximate surface area is 166 Å². The Morgan fingerprint density at radius 2 is 1.76 bits per heavy atom. The molecule has 1 aliphatic heterocycles. The van der Waals surface area contributed by atoms with Gasteiger partial charge in [-0.05, 0) is 42.0 Å². The quantitative estimate of drug-likeness (QED) is 0.636. The molecule has 1 aliphatic rings. The van der Waals surface area contributed by atoms with Gasteiger partial charge in [-0.25, -0.2) is 0 Å². The standard InChI is InChI=1S/C20H20N2O7/c1-26-15-5-3-14(4-6-15)20(25)22-10-19(24)27-11-18(23)21-9-13-2-7-16-17(8-13)29-12-28-16/h2-8H,9-12H2,1H3,(H,21,23)(H,22,25). The third-order valence-electron chi connectivity index (χ3n) is 4.04. The smallest absolute Gasteiger partial charge is 0.325 e. The van der Waals surface area contributed by atoms with E-state index in [0.717, 1.165) is 5.56 Å². The number of benzene rings is 2. The fourth-order valence-electron chi connectivity index (χ4n) is 2.50. The Morgan fingerprint density at radius 1 is 1.00 bits per heavy atom. The molecule has 1 heterocycles. The summed E-state index contributed by atoms with van der Waals surface area (Å²) >= 11 is 0. The van der Waals surface area contributed by atoms with E-state index in [1.165, 1.54) is 7.11 Å². The lowest BCUT2D eigenvalue weighted by atomic mass is 10.2. The van der Waals surface area contributed by atoms with Crippen LogP contribution in [-0.2, 0) is 20.9 Å². The molecular formula is C20H20N2O7. The van der Waals surface area contributed by atoms with E-state index in [1.54, 1.807) is 42.5 Å². The molecule has 2 aromatic carbocycles. The highest BCUT2D eigenvalue weighted by Gasteiger charge is 2.14. The predicted octanol–water partition coefficient (Wildman–Crippen LogP) is 1.01. The van der Waals surface area contributed by atoms with Gasteiger partial charge in [0.2, 0.25) is 6.79 Å². The Balaban J connectivity index is 1.35. The second-order valence-corrected chi connectivity index (χ2v) is 6.04. The van der Waals surface area contributed by atoms with E-state index in [2.05, 4.69) is 10.6 Å². The zero-order chi connectivity index (χ0) is 20.6. The Hall–Kier alpha value is -3.75. The van der Waals surface area contributed by atoms with Crippen molar-refractivity contribution in [2.45, 2.75) is 6.54 Å². The third kappa shape index (κ3) is 5.61. The molecule has 0 bridgehead atoms. The Morgan fingerprint density at radius 3 is 2.52 bits per heavy atom. The molecule has 2 amide bonds. The summed E-state index contributed by atoms with van der Waals surface area (Å²) in [6.07, 6.45) is 0. The van der Waals surface area contributed by atoms with E-state index in [9.17, 15) is 14.4 Å². The van der Waals surface area contributed by atoms with E-state index in [-0.39, 0.29) is 19.9 Å². The van der Waals surface area contributed by atoms with Gasteiger partial charge in [-0.2, -0.15) is 0 Å². The van der Waals surface area contributed by atoms with Crippen LogP contribution in [0.3, 0.4) is 0 Å². The Bertz CT molecular complexity index is 896. The number of hydrogen-bond donors (Lipinski definition) is 2. The molecule has 2 N–H and O–H groups in total. The predicted molar refractivity (Wildman–Crippen MR) is 101 cm³/mol. The van der Waals surface area contributed by atoms with Crippen LogP contribution in [0.15, 0.2) is 42.5 Å². The van der Waals surface area contributed by atoms with E-state index < -0.39 is 24.4 Å². The average molecular weight is 400 g/mol. The zero-order valence-corrected chi connectivity index (χ0v) is 15.7. The average Bonchev–Trinajstić information content (AvgIpc) is 3.22. The van der Waals surface area contributed by atoms with Gasteiger partial charge in [0.25, 0.3) is 11.8 Å². The summed E-state index contributed by atoms with van der Waals surface area (Å²) in [5.74, 6) is 0.286. The lowest BCUT2D eigenvalue weighted by Crippen LogP contribution is -2.33. The summed E-state index contributed by atoms with van der Waals surface area (Å²) in [6.45, 7) is -0.362. The maximum absolute atomic E-state index is 12.0. The molecule has 0 fully saturated rings. The minimum Gasteiger partial charge on any atom is -0.497 e. The van der Waals surface area contributed by atoms with Crippen LogP contribution in [0.4, 0.5) is 0 Å². The first-order valence-corrected chi connectivity index (χ1v) is 8.78. The second kappa shape index (κ2) is 9.45. The first-order valence-electron chi connectivity index (χ1n) is 8.78. The first-order chi connectivity index (χ1) is 14.0. The van der Waals surface area contributed by atoms with E-state index >= 15 is 0 Å². The molecule has 152 valence electrons. The molecule has 9 heteroatoms. The van der Waals surface area contributed by atoms with Crippen molar-refractivity contribution in [3.05, 3.63) is 53.6 Å². The topological polar surface area (TPSA) is 112 Å². The van der Waals surface area contributed by atoms with Crippen LogP contribution in [0.2, 0.25) is 0 Å². The number of ether oxygens (including phenoxy) is 4. The van der Waals surface area contributed by atoms with Crippen LogP contribution >= 0.6 is 0 Å². The van der Waals surface area contributed by atoms with Crippen molar-refractivity contribution in [2.24, 2.45) is 0 Å². The van der Waals surface area contributed by atoms with Crippen molar-refractivity contribution < 1.29 is 33.3 Å². The second-order valence-electron chi connectivity index (χ2n) is 6.04. The van der Waals surface area contributed by atoms with E-state index in [1.807, 2.05) is 0 Å². The summed E-state index contributed by atoms with van der Waals surface area (Å²) in [5, 5.41) is 5.07. The van der Waals surface area contributed by atoms with Crippen molar-refractivity contribution >= 4 is 17.8 Å². The Kier molecular flexibility index (Phi) is 6.51. The molecular weight excluding hydrogens is 380 g/mol. The fourth-order valence-corrected chi connectivity index (χ4v) is 2.50. The fraction of sp³-hybridized carbons (Fsp3) is 0.250. The van der Waals surface area contributed by atoms with Crippen LogP contribution in [0.1, 0.15) is 15.9 Å². The molecule has 0 spiro atoms. The van der Waals surface area contributed by atoms with Crippen molar-refractivity contribution in [3.63, 3.8) is 0 Å². The van der Waals surface area contributed by atoms with Crippen molar-refractivity contribution in [2.75, 3.05) is 27.1 Å². The highest BCUT2D eigenvalue weighted by Crippen LogP contribution is 2.32. The summed E-state index contributed by atoms with van der Waals surface area (Å²) in [4.78, 5) is 35.5. The molecule has 0 aromatic heterocycles. The first kappa shape index (κ1) is 20.0. The van der Waals surface area contributed by atoms with Crippen LogP contribution < -0.4 is 24.8 Å². The third-order valence-corrected chi connectivity index (χ3v) is 4.04. The summed E-state index contributed by atoms with van der Waals surface area (Å²) in [5.41, 5.74) is 1.20. The van der Waals surface area contributed by atoms with Gasteiger partial charge in [0.05, 0.1) is 7.11 Å². The lowest BCUT2D eigenvalue weighted by molar-refractivity contribution is -0.147. The van der Waals surface area contributed by atoms with Crippen LogP contribution in [0, 0.1) is 0 Å². The van der Waals surface area contributed by atoms with Crippen LogP contribution in [-0.4, -0.2) is 44.8 Å². The van der Waals surface area contributed by atoms with Gasteiger partial charge >= 0.3 is 5.97 Å². The monoisotopic (exact) mass is 400 g/mol. The number of fused-ring (bicyclic) bond motifs is 1.